The van der Waals surface area contributed by atoms with Crippen LogP contribution in [0.5, 0.6) is 0 Å². The highest BCUT2D eigenvalue weighted by molar-refractivity contribution is 5.86. The van der Waals surface area contributed by atoms with Crippen molar-refractivity contribution in [3.8, 4) is 0 Å². The van der Waals surface area contributed by atoms with Gasteiger partial charge in [0.15, 0.2) is 0 Å². The number of hydrogen-bond donors (Lipinski definition) is 2. The number of carbonyl (C=O) groups excluding carboxylic acids is 1. The highest BCUT2D eigenvalue weighted by Crippen LogP contribution is 2.37. The van der Waals surface area contributed by atoms with Crippen molar-refractivity contribution < 1.29 is 14.7 Å². The molecule has 3 atom stereocenters. The number of carboxylic acids is 1. The van der Waals surface area contributed by atoms with Crippen LogP contribution in [0.2, 0.25) is 0 Å². The lowest BCUT2D eigenvalue weighted by atomic mass is 10.1. The molecule has 0 spiro atoms. The fraction of sp³-hybridized carbons (Fsp3) is 0.462. The van der Waals surface area contributed by atoms with Crippen molar-refractivity contribution in [2.45, 2.75) is 25.8 Å². The third-order valence-electron chi connectivity index (χ3n) is 3.25. The van der Waals surface area contributed by atoms with E-state index in [1.807, 2.05) is 6.92 Å². The number of aliphatic carboxylic acids is 1. The minimum atomic E-state index is -1.01. The molecule has 0 radical (unpaired) electrons. The molecule has 5 heteroatoms. The molecular weight excluding hydrogens is 232 g/mol. The van der Waals surface area contributed by atoms with E-state index in [1.54, 1.807) is 24.5 Å². The fourth-order valence-corrected chi connectivity index (χ4v) is 1.92. The zero-order chi connectivity index (χ0) is 13.1. The van der Waals surface area contributed by atoms with Crippen LogP contribution in [0.15, 0.2) is 24.5 Å². The summed E-state index contributed by atoms with van der Waals surface area (Å²) in [6, 6.07) is 2.64. The van der Waals surface area contributed by atoms with Crippen LogP contribution in [0.1, 0.15) is 18.9 Å². The van der Waals surface area contributed by atoms with Gasteiger partial charge in [-0.25, -0.2) is 4.79 Å². The molecule has 1 aromatic rings. The van der Waals surface area contributed by atoms with Gasteiger partial charge in [0.25, 0.3) is 0 Å². The number of amides is 1. The summed E-state index contributed by atoms with van der Waals surface area (Å²) in [6.45, 7) is 1.99. The van der Waals surface area contributed by atoms with Gasteiger partial charge >= 0.3 is 5.97 Å². The maximum Gasteiger partial charge on any atom is 0.326 e. The van der Waals surface area contributed by atoms with Gasteiger partial charge in [0.1, 0.15) is 6.04 Å². The van der Waals surface area contributed by atoms with E-state index in [0.29, 0.717) is 5.92 Å². The van der Waals surface area contributed by atoms with Crippen molar-refractivity contribution in [3.05, 3.63) is 30.1 Å². The van der Waals surface area contributed by atoms with Crippen LogP contribution in [-0.4, -0.2) is 28.0 Å². The standard InChI is InChI=1S/C13H16N2O3/c1-8-6-10(8)12(16)15-11(13(17)18)7-9-2-4-14-5-3-9/h2-5,8,10-11H,6-7H2,1H3,(H,15,16)(H,17,18). The Morgan fingerprint density at radius 2 is 2.11 bits per heavy atom. The van der Waals surface area contributed by atoms with Gasteiger partial charge in [-0.2, -0.15) is 0 Å². The van der Waals surface area contributed by atoms with Crippen LogP contribution in [0.3, 0.4) is 0 Å². The first-order chi connectivity index (χ1) is 8.58. The summed E-state index contributed by atoms with van der Waals surface area (Å²) in [6.07, 6.45) is 4.36. The van der Waals surface area contributed by atoms with Gasteiger partial charge in [-0.1, -0.05) is 6.92 Å². The van der Waals surface area contributed by atoms with Gasteiger partial charge in [0, 0.05) is 24.7 Å². The van der Waals surface area contributed by atoms with E-state index in [4.69, 9.17) is 5.11 Å². The molecule has 0 aromatic carbocycles. The summed E-state index contributed by atoms with van der Waals surface area (Å²) in [4.78, 5) is 26.7. The maximum atomic E-state index is 11.7. The molecule has 3 unspecified atom stereocenters. The lowest BCUT2D eigenvalue weighted by Gasteiger charge is -2.14. The summed E-state index contributed by atoms with van der Waals surface area (Å²) in [7, 11) is 0. The van der Waals surface area contributed by atoms with E-state index in [9.17, 15) is 9.59 Å². The highest BCUT2D eigenvalue weighted by atomic mass is 16.4. The minimum Gasteiger partial charge on any atom is -0.480 e. The van der Waals surface area contributed by atoms with Crippen LogP contribution >= 0.6 is 0 Å². The SMILES string of the molecule is CC1CC1C(=O)NC(Cc1ccncc1)C(=O)O. The molecule has 0 aliphatic heterocycles. The smallest absolute Gasteiger partial charge is 0.326 e. The Morgan fingerprint density at radius 3 is 2.61 bits per heavy atom. The van der Waals surface area contributed by atoms with Crippen molar-refractivity contribution >= 4 is 11.9 Å². The molecule has 1 aromatic heterocycles. The maximum absolute atomic E-state index is 11.7. The van der Waals surface area contributed by atoms with E-state index in [1.165, 1.54) is 0 Å². The zero-order valence-corrected chi connectivity index (χ0v) is 10.2. The summed E-state index contributed by atoms with van der Waals surface area (Å²) in [5.74, 6) is -0.790. The summed E-state index contributed by atoms with van der Waals surface area (Å²) in [5, 5.41) is 11.7. The van der Waals surface area contributed by atoms with Gasteiger partial charge < -0.3 is 10.4 Å². The molecule has 1 aliphatic rings. The normalized spacial score (nSPS) is 23.2. The number of nitrogens with zero attached hydrogens (tertiary/aromatic N) is 1. The number of carboxylic acid groups (broad SMARTS) is 1. The molecule has 1 fully saturated rings. The topological polar surface area (TPSA) is 79.3 Å². The van der Waals surface area contributed by atoms with Crippen molar-refractivity contribution in [1.29, 1.82) is 0 Å². The molecule has 1 aliphatic carbocycles. The molecular formula is C13H16N2O3. The van der Waals surface area contributed by atoms with Gasteiger partial charge in [-0.05, 0) is 30.0 Å². The molecule has 2 N–H and O–H groups in total. The second-order valence-corrected chi connectivity index (χ2v) is 4.78. The Balaban J connectivity index is 1.96. The van der Waals surface area contributed by atoms with Crippen LogP contribution in [-0.2, 0) is 16.0 Å². The molecule has 18 heavy (non-hydrogen) atoms. The average Bonchev–Trinajstić information content (AvgIpc) is 3.07. The van der Waals surface area contributed by atoms with Crippen molar-refractivity contribution in [2.24, 2.45) is 11.8 Å². The van der Waals surface area contributed by atoms with Crippen LogP contribution in [0.4, 0.5) is 0 Å². The van der Waals surface area contributed by atoms with Crippen molar-refractivity contribution in [2.75, 3.05) is 0 Å². The molecule has 1 amide bonds. The lowest BCUT2D eigenvalue weighted by Crippen LogP contribution is -2.43. The average molecular weight is 248 g/mol. The van der Waals surface area contributed by atoms with Gasteiger partial charge in [-0.3, -0.25) is 9.78 Å². The first-order valence-corrected chi connectivity index (χ1v) is 6.00. The van der Waals surface area contributed by atoms with Crippen molar-refractivity contribution in [1.82, 2.24) is 10.3 Å². The minimum absolute atomic E-state index is 0.00992. The van der Waals surface area contributed by atoms with Crippen LogP contribution < -0.4 is 5.32 Å². The quantitative estimate of drug-likeness (QED) is 0.809. The van der Waals surface area contributed by atoms with Gasteiger partial charge in [0.05, 0.1) is 0 Å². The first kappa shape index (κ1) is 12.5. The number of carbonyl (C=O) groups is 2. The zero-order valence-electron chi connectivity index (χ0n) is 10.2. The lowest BCUT2D eigenvalue weighted by molar-refractivity contribution is -0.142. The number of pyridine rings is 1. The third kappa shape index (κ3) is 3.06. The number of nitrogens with one attached hydrogen (secondary N) is 1. The van der Waals surface area contributed by atoms with Gasteiger partial charge in [-0.15, -0.1) is 0 Å². The Bertz CT molecular complexity index is 447. The molecule has 1 saturated carbocycles. The second-order valence-electron chi connectivity index (χ2n) is 4.78. The predicted octanol–water partition coefficient (Wildman–Crippen LogP) is 0.849. The van der Waals surface area contributed by atoms with E-state index in [0.717, 1.165) is 12.0 Å². The first-order valence-electron chi connectivity index (χ1n) is 6.00. The molecule has 0 bridgehead atoms. The number of aromatic nitrogens is 1. The molecule has 0 saturated heterocycles. The monoisotopic (exact) mass is 248 g/mol. The Labute approximate surface area is 105 Å². The van der Waals surface area contributed by atoms with E-state index in [2.05, 4.69) is 10.3 Å². The second kappa shape index (κ2) is 5.16. The van der Waals surface area contributed by atoms with Gasteiger partial charge in [0.2, 0.25) is 5.91 Å². The predicted molar refractivity (Wildman–Crippen MR) is 64.8 cm³/mol. The van der Waals surface area contributed by atoms with E-state index >= 15 is 0 Å². The summed E-state index contributed by atoms with van der Waals surface area (Å²) in [5.41, 5.74) is 0.849. The van der Waals surface area contributed by atoms with E-state index in [-0.39, 0.29) is 18.2 Å². The molecule has 96 valence electrons. The van der Waals surface area contributed by atoms with Crippen LogP contribution in [0, 0.1) is 11.8 Å². The highest BCUT2D eigenvalue weighted by Gasteiger charge is 2.40. The number of hydrogen-bond acceptors (Lipinski definition) is 3. The molecule has 2 rings (SSSR count). The van der Waals surface area contributed by atoms with E-state index < -0.39 is 12.0 Å². The fourth-order valence-electron chi connectivity index (χ4n) is 1.92. The Kier molecular flexibility index (Phi) is 3.60. The largest absolute Gasteiger partial charge is 0.480 e. The molecule has 1 heterocycles. The van der Waals surface area contributed by atoms with Crippen LogP contribution in [0.25, 0.3) is 0 Å². The molecule has 5 nitrogen and oxygen atoms in total. The van der Waals surface area contributed by atoms with Crippen molar-refractivity contribution in [3.63, 3.8) is 0 Å². The number of rotatable bonds is 5. The summed E-state index contributed by atoms with van der Waals surface area (Å²) < 4.78 is 0. The Hall–Kier alpha value is -1.91. The Morgan fingerprint density at radius 1 is 1.50 bits per heavy atom. The third-order valence-corrected chi connectivity index (χ3v) is 3.25. The summed E-state index contributed by atoms with van der Waals surface area (Å²) >= 11 is 0.